The van der Waals surface area contributed by atoms with Crippen LogP contribution in [0.15, 0.2) is 108 Å². The van der Waals surface area contributed by atoms with Gasteiger partial charge in [-0.3, -0.25) is 13.9 Å². The van der Waals surface area contributed by atoms with Crippen molar-refractivity contribution in [3.63, 3.8) is 0 Å². The van der Waals surface area contributed by atoms with Gasteiger partial charge in [-0.05, 0) is 73.7 Å². The third-order valence-electron chi connectivity index (χ3n) is 7.68. The fourth-order valence-electron chi connectivity index (χ4n) is 4.94. The molecule has 0 aliphatic carbocycles. The molecule has 0 aromatic heterocycles. The zero-order valence-electron chi connectivity index (χ0n) is 25.9. The standard InChI is InChI=1S/C36H41N3O4S/c1-5-22-37-36(41)34(24-30-12-8-6-9-13-30)38(25-31-19-16-27(2)17-20-31)35(40)26-39(32-21-18-28(3)29(4)23-32)44(42,43)33-14-10-7-11-15-33/h6-21,23,34H,5,22,24-26H2,1-4H3,(H,37,41)/t34-/m0/s1. The number of hydrogen-bond donors (Lipinski definition) is 1. The molecule has 0 saturated carbocycles. The minimum atomic E-state index is -4.12. The molecule has 7 nitrogen and oxygen atoms in total. The Balaban J connectivity index is 1.80. The number of carbonyl (C=O) groups excluding carboxylic acids is 2. The minimum absolute atomic E-state index is 0.0811. The second-order valence-electron chi connectivity index (χ2n) is 11.1. The van der Waals surface area contributed by atoms with Crippen LogP contribution in [0.25, 0.3) is 0 Å². The second kappa shape index (κ2) is 14.8. The van der Waals surface area contributed by atoms with E-state index in [0.717, 1.165) is 38.5 Å². The van der Waals surface area contributed by atoms with Crippen molar-refractivity contribution < 1.29 is 18.0 Å². The van der Waals surface area contributed by atoms with E-state index in [1.165, 1.54) is 17.0 Å². The van der Waals surface area contributed by atoms with Crippen molar-refractivity contribution in [2.45, 2.75) is 58.0 Å². The van der Waals surface area contributed by atoms with E-state index in [0.29, 0.717) is 12.2 Å². The largest absolute Gasteiger partial charge is 0.354 e. The topological polar surface area (TPSA) is 86.8 Å². The van der Waals surface area contributed by atoms with Crippen LogP contribution in [0.5, 0.6) is 0 Å². The van der Waals surface area contributed by atoms with Crippen molar-refractivity contribution >= 4 is 27.5 Å². The lowest BCUT2D eigenvalue weighted by Crippen LogP contribution is -2.53. The Morgan fingerprint density at radius 2 is 1.41 bits per heavy atom. The van der Waals surface area contributed by atoms with E-state index in [4.69, 9.17) is 0 Å². The van der Waals surface area contributed by atoms with E-state index < -0.39 is 28.5 Å². The summed E-state index contributed by atoms with van der Waals surface area (Å²) >= 11 is 0. The third-order valence-corrected chi connectivity index (χ3v) is 9.47. The van der Waals surface area contributed by atoms with Gasteiger partial charge in [-0.2, -0.15) is 0 Å². The third kappa shape index (κ3) is 8.14. The van der Waals surface area contributed by atoms with Crippen LogP contribution < -0.4 is 9.62 Å². The van der Waals surface area contributed by atoms with Gasteiger partial charge in [0, 0.05) is 19.5 Å². The number of nitrogens with one attached hydrogen (secondary N) is 1. The monoisotopic (exact) mass is 611 g/mol. The van der Waals surface area contributed by atoms with Crippen LogP contribution >= 0.6 is 0 Å². The van der Waals surface area contributed by atoms with Crippen molar-refractivity contribution in [2.24, 2.45) is 0 Å². The van der Waals surface area contributed by atoms with Crippen LogP contribution in [0.1, 0.15) is 41.2 Å². The van der Waals surface area contributed by atoms with Crippen LogP contribution in [0.4, 0.5) is 5.69 Å². The fraction of sp³-hybridized carbons (Fsp3) is 0.278. The molecule has 0 radical (unpaired) electrons. The zero-order chi connectivity index (χ0) is 31.7. The van der Waals surface area contributed by atoms with Crippen molar-refractivity contribution in [1.29, 1.82) is 0 Å². The highest BCUT2D eigenvalue weighted by Gasteiger charge is 2.34. The van der Waals surface area contributed by atoms with E-state index in [9.17, 15) is 18.0 Å². The molecule has 1 atom stereocenters. The van der Waals surface area contributed by atoms with Gasteiger partial charge in [-0.1, -0.05) is 91.3 Å². The Bertz CT molecular complexity index is 1660. The molecule has 0 saturated heterocycles. The number of benzene rings is 4. The molecule has 0 aliphatic rings. The fourth-order valence-corrected chi connectivity index (χ4v) is 6.37. The number of amides is 2. The molecule has 4 aromatic rings. The highest BCUT2D eigenvalue weighted by molar-refractivity contribution is 7.92. The Kier molecular flexibility index (Phi) is 11.0. The van der Waals surface area contributed by atoms with Crippen LogP contribution in [0.3, 0.4) is 0 Å². The number of sulfonamides is 1. The predicted octanol–water partition coefficient (Wildman–Crippen LogP) is 5.97. The summed E-state index contributed by atoms with van der Waals surface area (Å²) in [5, 5.41) is 2.97. The van der Waals surface area contributed by atoms with Crippen LogP contribution in [0, 0.1) is 20.8 Å². The number of aryl methyl sites for hydroxylation is 3. The second-order valence-corrected chi connectivity index (χ2v) is 13.0. The lowest BCUT2D eigenvalue weighted by atomic mass is 10.0. The minimum Gasteiger partial charge on any atom is -0.354 e. The number of hydrogen-bond acceptors (Lipinski definition) is 4. The molecule has 1 N–H and O–H groups in total. The maximum absolute atomic E-state index is 14.5. The Morgan fingerprint density at radius 1 is 0.773 bits per heavy atom. The van der Waals surface area contributed by atoms with Crippen LogP contribution in [0.2, 0.25) is 0 Å². The van der Waals surface area contributed by atoms with Gasteiger partial charge in [0.2, 0.25) is 11.8 Å². The maximum Gasteiger partial charge on any atom is 0.264 e. The first kappa shape index (κ1) is 32.5. The van der Waals surface area contributed by atoms with Gasteiger partial charge in [-0.15, -0.1) is 0 Å². The molecule has 0 aliphatic heterocycles. The average molecular weight is 612 g/mol. The van der Waals surface area contributed by atoms with Gasteiger partial charge in [0.25, 0.3) is 10.0 Å². The summed E-state index contributed by atoms with van der Waals surface area (Å²) < 4.78 is 29.3. The molecule has 2 amide bonds. The molecule has 0 heterocycles. The van der Waals surface area contributed by atoms with Gasteiger partial charge >= 0.3 is 0 Å². The summed E-state index contributed by atoms with van der Waals surface area (Å²) in [6, 6.07) is 29.9. The Labute approximate surface area is 261 Å². The molecule has 0 bridgehead atoms. The molecule has 4 aromatic carbocycles. The molecule has 4 rings (SSSR count). The first-order valence-corrected chi connectivity index (χ1v) is 16.4. The predicted molar refractivity (Wildman–Crippen MR) is 176 cm³/mol. The molecule has 0 spiro atoms. The van der Waals surface area contributed by atoms with Crippen LogP contribution in [-0.4, -0.2) is 44.3 Å². The van der Waals surface area contributed by atoms with Crippen molar-refractivity contribution in [1.82, 2.24) is 10.2 Å². The van der Waals surface area contributed by atoms with E-state index in [1.807, 2.05) is 88.4 Å². The van der Waals surface area contributed by atoms with Crippen molar-refractivity contribution in [3.8, 4) is 0 Å². The Morgan fingerprint density at radius 3 is 2.02 bits per heavy atom. The van der Waals surface area contributed by atoms with E-state index in [-0.39, 0.29) is 23.8 Å². The van der Waals surface area contributed by atoms with Crippen molar-refractivity contribution in [3.05, 3.63) is 131 Å². The molecule has 8 heteroatoms. The normalized spacial score (nSPS) is 11.9. The highest BCUT2D eigenvalue weighted by Crippen LogP contribution is 2.27. The molecular formula is C36H41N3O4S. The summed E-state index contributed by atoms with van der Waals surface area (Å²) in [5.74, 6) is -0.754. The quantitative estimate of drug-likeness (QED) is 0.202. The van der Waals surface area contributed by atoms with Crippen LogP contribution in [-0.2, 0) is 32.6 Å². The molecule has 0 fully saturated rings. The first-order valence-electron chi connectivity index (χ1n) is 14.9. The first-order chi connectivity index (χ1) is 21.1. The molecule has 0 unspecified atom stereocenters. The lowest BCUT2D eigenvalue weighted by molar-refractivity contribution is -0.140. The number of rotatable bonds is 13. The average Bonchev–Trinajstić information content (AvgIpc) is 3.03. The Hall–Kier alpha value is -4.43. The van der Waals surface area contributed by atoms with E-state index in [2.05, 4.69) is 5.32 Å². The summed E-state index contributed by atoms with van der Waals surface area (Å²) in [4.78, 5) is 29.8. The number of anilines is 1. The number of carbonyl (C=O) groups is 2. The SMILES string of the molecule is CCCNC(=O)[C@H](Cc1ccccc1)N(Cc1ccc(C)cc1)C(=O)CN(c1ccc(C)c(C)c1)S(=O)(=O)c1ccccc1. The van der Waals surface area contributed by atoms with Gasteiger partial charge in [0.1, 0.15) is 12.6 Å². The van der Waals surface area contributed by atoms with Gasteiger partial charge < -0.3 is 10.2 Å². The molecule has 44 heavy (non-hydrogen) atoms. The maximum atomic E-state index is 14.5. The van der Waals surface area contributed by atoms with Gasteiger partial charge in [0.05, 0.1) is 10.6 Å². The van der Waals surface area contributed by atoms with E-state index in [1.54, 1.807) is 30.3 Å². The smallest absolute Gasteiger partial charge is 0.264 e. The van der Waals surface area contributed by atoms with E-state index >= 15 is 0 Å². The summed E-state index contributed by atoms with van der Waals surface area (Å²) in [6.45, 7) is 7.95. The van der Waals surface area contributed by atoms with Gasteiger partial charge in [-0.25, -0.2) is 8.42 Å². The molecular weight excluding hydrogens is 570 g/mol. The number of nitrogens with zero attached hydrogens (tertiary/aromatic N) is 2. The van der Waals surface area contributed by atoms with Gasteiger partial charge in [0.15, 0.2) is 0 Å². The lowest BCUT2D eigenvalue weighted by Gasteiger charge is -2.34. The van der Waals surface area contributed by atoms with Crippen molar-refractivity contribution in [2.75, 3.05) is 17.4 Å². The summed E-state index contributed by atoms with van der Waals surface area (Å²) in [6.07, 6.45) is 1.02. The zero-order valence-corrected chi connectivity index (χ0v) is 26.7. The molecule has 230 valence electrons. The summed E-state index contributed by atoms with van der Waals surface area (Å²) in [7, 11) is -4.12. The summed E-state index contributed by atoms with van der Waals surface area (Å²) in [5.41, 5.74) is 5.11. The highest BCUT2D eigenvalue weighted by atomic mass is 32.2.